The molecule has 0 bridgehead atoms. The minimum atomic E-state index is -0.927. The summed E-state index contributed by atoms with van der Waals surface area (Å²) in [6.07, 6.45) is -0.0784. The van der Waals surface area contributed by atoms with Gasteiger partial charge in [0.15, 0.2) is 0 Å². The van der Waals surface area contributed by atoms with Gasteiger partial charge in [0.05, 0.1) is 12.1 Å². The SMILES string of the molecule is CN(CCC(=O)O)C(=O)Nc1ccc(Br)c2ccccc12. The average molecular weight is 351 g/mol. The maximum Gasteiger partial charge on any atom is 0.321 e. The number of urea groups is 1. The Morgan fingerprint density at radius 3 is 2.52 bits per heavy atom. The number of rotatable bonds is 4. The van der Waals surface area contributed by atoms with E-state index in [1.54, 1.807) is 7.05 Å². The minimum absolute atomic E-state index is 0.0784. The summed E-state index contributed by atoms with van der Waals surface area (Å²) in [5.74, 6) is -0.927. The normalized spacial score (nSPS) is 10.4. The lowest BCUT2D eigenvalue weighted by molar-refractivity contribution is -0.137. The van der Waals surface area contributed by atoms with Gasteiger partial charge in [-0.1, -0.05) is 40.2 Å². The van der Waals surface area contributed by atoms with Crippen molar-refractivity contribution in [1.29, 1.82) is 0 Å². The van der Waals surface area contributed by atoms with Gasteiger partial charge in [0.1, 0.15) is 0 Å². The minimum Gasteiger partial charge on any atom is -0.481 e. The van der Waals surface area contributed by atoms with E-state index < -0.39 is 5.97 Å². The van der Waals surface area contributed by atoms with Crippen molar-refractivity contribution in [2.75, 3.05) is 18.9 Å². The fraction of sp³-hybridized carbons (Fsp3) is 0.200. The Balaban J connectivity index is 2.18. The highest BCUT2D eigenvalue weighted by Crippen LogP contribution is 2.30. The van der Waals surface area contributed by atoms with E-state index in [0.29, 0.717) is 5.69 Å². The number of hydrogen-bond donors (Lipinski definition) is 2. The fourth-order valence-corrected chi connectivity index (χ4v) is 2.42. The Hall–Kier alpha value is -2.08. The van der Waals surface area contributed by atoms with E-state index >= 15 is 0 Å². The molecule has 2 aromatic rings. The first-order valence-electron chi connectivity index (χ1n) is 6.40. The molecule has 0 saturated carbocycles. The number of hydrogen-bond acceptors (Lipinski definition) is 2. The molecule has 0 atom stereocenters. The van der Waals surface area contributed by atoms with Gasteiger partial charge < -0.3 is 15.3 Å². The zero-order valence-corrected chi connectivity index (χ0v) is 13.1. The second-order valence-electron chi connectivity index (χ2n) is 4.64. The zero-order chi connectivity index (χ0) is 15.4. The van der Waals surface area contributed by atoms with Crippen LogP contribution in [0.25, 0.3) is 10.8 Å². The molecule has 6 heteroatoms. The number of carboxylic acids is 1. The molecule has 0 aliphatic carbocycles. The number of anilines is 1. The number of benzene rings is 2. The highest BCUT2D eigenvalue weighted by atomic mass is 79.9. The maximum absolute atomic E-state index is 12.1. The first-order valence-corrected chi connectivity index (χ1v) is 7.19. The van der Waals surface area contributed by atoms with E-state index in [1.165, 1.54) is 4.90 Å². The lowest BCUT2D eigenvalue weighted by atomic mass is 10.1. The second kappa shape index (κ2) is 6.58. The van der Waals surface area contributed by atoms with Crippen LogP contribution in [0.2, 0.25) is 0 Å². The fourth-order valence-electron chi connectivity index (χ4n) is 1.95. The van der Waals surface area contributed by atoms with Crippen molar-refractivity contribution in [3.05, 3.63) is 40.9 Å². The number of fused-ring (bicyclic) bond motifs is 1. The number of aliphatic carboxylic acids is 1. The van der Waals surface area contributed by atoms with Crippen molar-refractivity contribution in [3.63, 3.8) is 0 Å². The Bertz CT molecular complexity index is 688. The number of carbonyl (C=O) groups excluding carboxylic acids is 1. The third-order valence-electron chi connectivity index (χ3n) is 3.12. The van der Waals surface area contributed by atoms with E-state index in [0.717, 1.165) is 15.2 Å². The molecular formula is C15H15BrN2O3. The Kier molecular flexibility index (Phi) is 4.80. The molecule has 2 N–H and O–H groups in total. The first kappa shape index (κ1) is 15.3. The van der Waals surface area contributed by atoms with E-state index in [9.17, 15) is 9.59 Å². The Labute approximate surface area is 130 Å². The average Bonchev–Trinajstić information content (AvgIpc) is 2.47. The van der Waals surface area contributed by atoms with E-state index in [-0.39, 0.29) is 19.0 Å². The van der Waals surface area contributed by atoms with Crippen molar-refractivity contribution in [2.24, 2.45) is 0 Å². The van der Waals surface area contributed by atoms with Crippen molar-refractivity contribution in [1.82, 2.24) is 4.90 Å². The van der Waals surface area contributed by atoms with Crippen LogP contribution < -0.4 is 5.32 Å². The molecule has 2 amide bonds. The molecule has 0 heterocycles. The van der Waals surface area contributed by atoms with Crippen LogP contribution in [0.3, 0.4) is 0 Å². The molecule has 5 nitrogen and oxygen atoms in total. The molecular weight excluding hydrogens is 336 g/mol. The number of carboxylic acid groups (broad SMARTS) is 1. The summed E-state index contributed by atoms with van der Waals surface area (Å²) < 4.78 is 0.954. The smallest absolute Gasteiger partial charge is 0.321 e. The molecule has 0 saturated heterocycles. The highest BCUT2D eigenvalue weighted by Gasteiger charge is 2.12. The summed E-state index contributed by atoms with van der Waals surface area (Å²) in [6.45, 7) is 0.162. The van der Waals surface area contributed by atoms with Gasteiger partial charge in [0.2, 0.25) is 0 Å². The van der Waals surface area contributed by atoms with Gasteiger partial charge in [-0.2, -0.15) is 0 Å². The molecule has 0 unspecified atom stereocenters. The molecule has 0 aromatic heterocycles. The molecule has 2 aromatic carbocycles. The number of carbonyl (C=O) groups is 2. The van der Waals surface area contributed by atoms with Crippen LogP contribution in [0.5, 0.6) is 0 Å². The molecule has 0 aliphatic rings. The standard InChI is InChI=1S/C15H15BrN2O3/c1-18(9-8-14(19)20)15(21)17-13-7-6-12(16)10-4-2-3-5-11(10)13/h2-7H,8-9H2,1H3,(H,17,21)(H,19,20). The first-order chi connectivity index (χ1) is 9.99. The van der Waals surface area contributed by atoms with Crippen LogP contribution in [-0.2, 0) is 4.79 Å². The molecule has 0 aliphatic heterocycles. The summed E-state index contributed by atoms with van der Waals surface area (Å²) in [4.78, 5) is 23.9. The van der Waals surface area contributed by atoms with Crippen molar-refractivity contribution < 1.29 is 14.7 Å². The van der Waals surface area contributed by atoms with Crippen molar-refractivity contribution in [3.8, 4) is 0 Å². The molecule has 21 heavy (non-hydrogen) atoms. The summed E-state index contributed by atoms with van der Waals surface area (Å²) in [6, 6.07) is 11.1. The highest BCUT2D eigenvalue weighted by molar-refractivity contribution is 9.10. The van der Waals surface area contributed by atoms with E-state index in [1.807, 2.05) is 36.4 Å². The van der Waals surface area contributed by atoms with Gasteiger partial charge in [0, 0.05) is 23.5 Å². The largest absolute Gasteiger partial charge is 0.481 e. The van der Waals surface area contributed by atoms with Crippen LogP contribution in [0.1, 0.15) is 6.42 Å². The number of nitrogens with zero attached hydrogens (tertiary/aromatic N) is 1. The third-order valence-corrected chi connectivity index (χ3v) is 3.81. The molecule has 0 radical (unpaired) electrons. The van der Waals surface area contributed by atoms with Crippen LogP contribution >= 0.6 is 15.9 Å². The van der Waals surface area contributed by atoms with E-state index in [4.69, 9.17) is 5.11 Å². The van der Waals surface area contributed by atoms with Gasteiger partial charge in [-0.25, -0.2) is 4.79 Å². The second-order valence-corrected chi connectivity index (χ2v) is 5.49. The topological polar surface area (TPSA) is 69.6 Å². The monoisotopic (exact) mass is 350 g/mol. The predicted octanol–water partition coefficient (Wildman–Crippen LogP) is 3.54. The maximum atomic E-state index is 12.1. The van der Waals surface area contributed by atoms with Gasteiger partial charge >= 0.3 is 12.0 Å². The Morgan fingerprint density at radius 1 is 1.19 bits per heavy atom. The summed E-state index contributed by atoms with van der Waals surface area (Å²) in [5, 5.41) is 13.4. The zero-order valence-electron chi connectivity index (χ0n) is 11.5. The summed E-state index contributed by atoms with van der Waals surface area (Å²) in [5.41, 5.74) is 0.695. The third kappa shape index (κ3) is 3.72. The molecule has 0 spiro atoms. The van der Waals surface area contributed by atoms with Gasteiger partial charge in [-0.05, 0) is 17.5 Å². The van der Waals surface area contributed by atoms with Gasteiger partial charge in [-0.15, -0.1) is 0 Å². The molecule has 0 fully saturated rings. The summed E-state index contributed by atoms with van der Waals surface area (Å²) in [7, 11) is 1.57. The van der Waals surface area contributed by atoms with Crippen LogP contribution in [-0.4, -0.2) is 35.6 Å². The molecule has 110 valence electrons. The summed E-state index contributed by atoms with van der Waals surface area (Å²) >= 11 is 3.48. The lowest BCUT2D eigenvalue weighted by Crippen LogP contribution is -2.33. The van der Waals surface area contributed by atoms with Gasteiger partial charge in [0.25, 0.3) is 0 Å². The van der Waals surface area contributed by atoms with Crippen LogP contribution in [0.4, 0.5) is 10.5 Å². The number of amides is 2. The Morgan fingerprint density at radius 2 is 1.86 bits per heavy atom. The van der Waals surface area contributed by atoms with Gasteiger partial charge in [-0.3, -0.25) is 4.79 Å². The molecule has 2 rings (SSSR count). The van der Waals surface area contributed by atoms with Crippen LogP contribution in [0.15, 0.2) is 40.9 Å². The lowest BCUT2D eigenvalue weighted by Gasteiger charge is -2.18. The predicted molar refractivity (Wildman–Crippen MR) is 85.5 cm³/mol. The van der Waals surface area contributed by atoms with Crippen molar-refractivity contribution >= 4 is 44.4 Å². The van der Waals surface area contributed by atoms with E-state index in [2.05, 4.69) is 21.2 Å². The van der Waals surface area contributed by atoms with Crippen molar-refractivity contribution in [2.45, 2.75) is 6.42 Å². The quantitative estimate of drug-likeness (QED) is 0.885. The van der Waals surface area contributed by atoms with Crippen LogP contribution in [0, 0.1) is 0 Å². The number of nitrogens with one attached hydrogen (secondary N) is 1. The number of halogens is 1.